The standard InChI is InChI=1S/C54H72N16O21S/c55-52(56)60-11-1-3-25(46(84)67-35(20-42(81)82)38(74)16-28(23-92)50(88)89)14-37(73)34(19-41(79)80)68-48(86)27(18-40(77)78)15-36(72)32(4-2-12-61-53(57)58)65-47(85)26(17-39(75)76)13-31(71)9-10-33(51(90)91)66-45(83)24-5-7-29(8-6-24)62-21-30-22-63-44-43(64-30)49(87)70-54(59)69-44/h5-8,22,25-28,32-35,62,92H,1-4,9-21,23H2,(H,65,85)(H,66,83)(H,67,84)(H,68,86)(H,75,76)(H,77,78)(H,79,80)(H,81,82)(H,88,89)(H,90,91)(H4,55,56,60)(H4,57,58,61)(H3,59,63,69,70,87)/t25-,26+,27+,28+,32+,33+,34+,35+/m0/s1. The zero-order valence-corrected chi connectivity index (χ0v) is 50.0. The molecule has 0 spiro atoms. The molecule has 37 nitrogen and oxygen atoms in total. The smallest absolute Gasteiger partial charge is 0.326 e. The van der Waals surface area contributed by atoms with Crippen molar-refractivity contribution in [3.63, 3.8) is 0 Å². The molecule has 3 aromatic rings. The maximum atomic E-state index is 14.2. The molecule has 1 aromatic carbocycles. The number of nitrogens with zero attached hydrogens (tertiary/aromatic N) is 5. The molecule has 0 aliphatic carbocycles. The number of thiol groups is 1. The number of hydrogen-bond acceptors (Lipinski definition) is 23. The van der Waals surface area contributed by atoms with Crippen molar-refractivity contribution in [3.05, 3.63) is 52.1 Å². The van der Waals surface area contributed by atoms with Crippen molar-refractivity contribution in [1.29, 1.82) is 0 Å². The Kier molecular flexibility index (Phi) is 30.7. The van der Waals surface area contributed by atoms with Crippen LogP contribution in [-0.4, -0.2) is 188 Å². The monoisotopic (exact) mass is 1310 g/mol. The average molecular weight is 1310 g/mol. The Labute approximate surface area is 526 Å². The van der Waals surface area contributed by atoms with Crippen LogP contribution in [0.4, 0.5) is 11.6 Å². The number of benzene rings is 1. The molecule has 3 rings (SSSR count). The third kappa shape index (κ3) is 27.0. The largest absolute Gasteiger partial charge is 0.481 e. The fraction of sp³-hybridized carbons (Fsp3) is 0.481. The molecular formula is C54H72N16O21S. The van der Waals surface area contributed by atoms with Gasteiger partial charge in [0.25, 0.3) is 11.5 Å². The summed E-state index contributed by atoms with van der Waals surface area (Å²) in [5.74, 6) is -26.4. The first-order chi connectivity index (χ1) is 43.3. The Morgan fingerprint density at radius 1 is 0.543 bits per heavy atom. The number of hydrogen-bond donors (Lipinski definition) is 18. The highest BCUT2D eigenvalue weighted by molar-refractivity contribution is 7.80. The van der Waals surface area contributed by atoms with Gasteiger partial charge in [0.05, 0.1) is 80.0 Å². The maximum Gasteiger partial charge on any atom is 0.326 e. The van der Waals surface area contributed by atoms with Crippen LogP contribution in [0.2, 0.25) is 0 Å². The molecule has 0 fully saturated rings. The number of anilines is 2. The van der Waals surface area contributed by atoms with Crippen LogP contribution in [0.3, 0.4) is 0 Å². The summed E-state index contributed by atoms with van der Waals surface area (Å²) >= 11 is 3.89. The van der Waals surface area contributed by atoms with E-state index >= 15 is 0 Å². The second kappa shape index (κ2) is 37.3. The number of carboxylic acid groups (broad SMARTS) is 6. The maximum absolute atomic E-state index is 14.2. The molecule has 22 N–H and O–H groups in total. The summed E-state index contributed by atoms with van der Waals surface area (Å²) in [7, 11) is 0. The third-order valence-electron chi connectivity index (χ3n) is 13.6. The molecule has 0 aliphatic rings. The van der Waals surface area contributed by atoms with Crippen LogP contribution >= 0.6 is 12.6 Å². The molecule has 0 radical (unpaired) electrons. The lowest BCUT2D eigenvalue weighted by Crippen LogP contribution is -2.49. The summed E-state index contributed by atoms with van der Waals surface area (Å²) in [4.78, 5) is 216. The fourth-order valence-corrected chi connectivity index (χ4v) is 9.17. The number of fused-ring (bicyclic) bond motifs is 1. The van der Waals surface area contributed by atoms with Gasteiger partial charge in [0.15, 0.2) is 40.4 Å². The number of aliphatic carboxylic acids is 6. The van der Waals surface area contributed by atoms with Crippen molar-refractivity contribution in [2.75, 3.05) is 29.9 Å². The van der Waals surface area contributed by atoms with E-state index in [-0.39, 0.29) is 79.7 Å². The van der Waals surface area contributed by atoms with Crippen molar-refractivity contribution in [3.8, 4) is 0 Å². The number of carbonyl (C=O) groups is 14. The van der Waals surface area contributed by atoms with E-state index in [1.165, 1.54) is 30.5 Å². The minimum Gasteiger partial charge on any atom is -0.481 e. The summed E-state index contributed by atoms with van der Waals surface area (Å²) in [5, 5.41) is 70.3. The number of guanidine groups is 2. The lowest BCUT2D eigenvalue weighted by Gasteiger charge is -2.25. The van der Waals surface area contributed by atoms with Gasteiger partial charge in [-0.3, -0.25) is 82.1 Å². The Morgan fingerprint density at radius 3 is 1.52 bits per heavy atom. The van der Waals surface area contributed by atoms with Crippen LogP contribution in [0.15, 0.2) is 45.2 Å². The van der Waals surface area contributed by atoms with Crippen molar-refractivity contribution in [2.45, 2.75) is 121 Å². The number of nitrogen functional groups attached to an aromatic ring is 1. The van der Waals surface area contributed by atoms with E-state index in [2.05, 4.69) is 69.1 Å². The quantitative estimate of drug-likeness (QED) is 0.0114. The van der Waals surface area contributed by atoms with Gasteiger partial charge in [-0.15, -0.1) is 0 Å². The van der Waals surface area contributed by atoms with Crippen LogP contribution < -0.4 is 60.8 Å². The van der Waals surface area contributed by atoms with E-state index in [9.17, 15) is 103 Å². The summed E-state index contributed by atoms with van der Waals surface area (Å²) in [6, 6.07) is -1.68. The number of H-pyrrole nitrogens is 1. The topological polar surface area (TPSA) is 647 Å². The Hall–Kier alpha value is -10.7. The van der Waals surface area contributed by atoms with E-state index in [0.29, 0.717) is 11.4 Å². The Morgan fingerprint density at radius 2 is 1.02 bits per heavy atom. The summed E-state index contributed by atoms with van der Waals surface area (Å²) in [6.07, 6.45) is -8.80. The third-order valence-corrected chi connectivity index (χ3v) is 14.0. The van der Waals surface area contributed by atoms with E-state index in [4.69, 9.17) is 28.7 Å². The first kappa shape index (κ1) is 75.6. The van der Waals surface area contributed by atoms with Crippen molar-refractivity contribution >= 4 is 130 Å². The molecule has 2 heterocycles. The van der Waals surface area contributed by atoms with E-state index in [1.807, 2.05) is 0 Å². The predicted molar refractivity (Wildman–Crippen MR) is 323 cm³/mol. The van der Waals surface area contributed by atoms with Crippen molar-refractivity contribution < 1.29 is 97.8 Å². The highest BCUT2D eigenvalue weighted by Crippen LogP contribution is 2.22. The van der Waals surface area contributed by atoms with Crippen LogP contribution in [0.25, 0.3) is 11.2 Å². The molecule has 4 amide bonds. The van der Waals surface area contributed by atoms with E-state index < -0.39 is 206 Å². The van der Waals surface area contributed by atoms with Gasteiger partial charge in [-0.1, -0.05) is 0 Å². The molecule has 92 heavy (non-hydrogen) atoms. The highest BCUT2D eigenvalue weighted by Gasteiger charge is 2.37. The number of aliphatic imine (C=N–C) groups is 2. The Bertz CT molecular complexity index is 3360. The predicted octanol–water partition coefficient (Wildman–Crippen LogP) is -3.35. The lowest BCUT2D eigenvalue weighted by atomic mass is 9.89. The first-order valence-corrected chi connectivity index (χ1v) is 28.6. The number of carboxylic acids is 6. The molecule has 38 heteroatoms. The molecule has 0 aliphatic heterocycles. The van der Waals surface area contributed by atoms with Gasteiger partial charge < -0.3 is 85.9 Å². The summed E-state index contributed by atoms with van der Waals surface area (Å²) in [6.45, 7) is -0.266. The number of Topliss-reactive ketones (excluding diaryl/α,β-unsaturated/α-hetero) is 4. The van der Waals surface area contributed by atoms with Gasteiger partial charge >= 0.3 is 35.8 Å². The number of rotatable bonds is 44. The second-order valence-corrected chi connectivity index (χ2v) is 21.2. The van der Waals surface area contributed by atoms with Crippen molar-refractivity contribution in [2.24, 2.45) is 56.6 Å². The van der Waals surface area contributed by atoms with Gasteiger partial charge in [0.1, 0.15) is 11.8 Å². The highest BCUT2D eigenvalue weighted by atomic mass is 32.1. The molecular weight excluding hydrogens is 1240 g/mol. The summed E-state index contributed by atoms with van der Waals surface area (Å²) in [5.41, 5.74) is 27.3. The molecule has 0 unspecified atom stereocenters. The number of nitrogens with one attached hydrogen (secondary N) is 6. The molecule has 0 bridgehead atoms. The van der Waals surface area contributed by atoms with E-state index in [0.717, 1.165) is 0 Å². The lowest BCUT2D eigenvalue weighted by molar-refractivity contribution is -0.145. The number of aromatic amines is 1. The van der Waals surface area contributed by atoms with Crippen LogP contribution in [0.1, 0.15) is 106 Å². The number of aromatic nitrogens is 4. The molecule has 2 aromatic heterocycles. The summed E-state index contributed by atoms with van der Waals surface area (Å²) < 4.78 is 0. The first-order valence-electron chi connectivity index (χ1n) is 28.0. The van der Waals surface area contributed by atoms with Crippen molar-refractivity contribution in [1.82, 2.24) is 41.2 Å². The Balaban J connectivity index is 1.81. The molecule has 0 saturated heterocycles. The normalized spacial score (nSPS) is 13.5. The average Bonchev–Trinajstić information content (AvgIpc) is 1.86. The molecule has 500 valence electrons. The van der Waals surface area contributed by atoms with Gasteiger partial charge in [-0.05, 0) is 56.4 Å². The minimum absolute atomic E-state index is 0.0104. The zero-order valence-electron chi connectivity index (χ0n) is 49.1. The van der Waals surface area contributed by atoms with Crippen LogP contribution in [-0.2, 0) is 68.9 Å². The second-order valence-electron chi connectivity index (χ2n) is 20.9. The SMILES string of the molecule is NC(N)=NCCC[C@@H](CC(=O)[C@@H](CC(=O)O)NC(=O)[C@@H](CC(=O)O)CC(=O)[C@@H](CCCN=C(N)N)NC(=O)[C@@H](CC(=O)O)CC(=O)CC[C@@H](NC(=O)c1ccc(NCc2cnc3nc(N)[nH]c(=O)c3n2)cc1)C(=O)O)C(=O)N[C@H](CC(=O)O)C(=O)C[C@H](CS)C(=O)O. The van der Waals surface area contributed by atoms with Gasteiger partial charge in [0.2, 0.25) is 23.7 Å². The van der Waals surface area contributed by atoms with Crippen LogP contribution in [0.5, 0.6) is 0 Å². The van der Waals surface area contributed by atoms with E-state index in [1.54, 1.807) is 0 Å². The van der Waals surface area contributed by atoms with Gasteiger partial charge in [0, 0.05) is 68.1 Å². The zero-order chi connectivity index (χ0) is 68.9. The number of carbonyl (C=O) groups excluding carboxylic acids is 8. The molecule has 8 atom stereocenters. The number of nitrogens with two attached hydrogens (primary N) is 5. The number of amides is 4. The minimum atomic E-state index is -2.07. The molecule has 0 saturated carbocycles. The number of ketones is 4. The fourth-order valence-electron chi connectivity index (χ4n) is 8.89. The van der Waals surface area contributed by atoms with Crippen LogP contribution in [0, 0.1) is 23.7 Å². The van der Waals surface area contributed by atoms with Gasteiger partial charge in [-0.2, -0.15) is 17.6 Å². The van der Waals surface area contributed by atoms with Gasteiger partial charge in [-0.25, -0.2) is 14.8 Å².